The van der Waals surface area contributed by atoms with Gasteiger partial charge >= 0.3 is 0 Å². The Morgan fingerprint density at radius 2 is 1.68 bits per heavy atom. The number of aliphatic hydroxyl groups is 1. The molecule has 0 aliphatic carbocycles. The molecule has 0 aliphatic heterocycles. The number of carbonyl (C=O) groups is 2. The summed E-state index contributed by atoms with van der Waals surface area (Å²) < 4.78 is 5.25. The average Bonchev–Trinajstić information content (AvgIpc) is 3.15. The lowest BCUT2D eigenvalue weighted by atomic mass is 9.98. The lowest BCUT2D eigenvalue weighted by Gasteiger charge is -2.06. The largest absolute Gasteiger partial charge is 0.464 e. The Labute approximate surface area is 147 Å². The first-order valence-corrected chi connectivity index (χ1v) is 8.41. The molecular weight excluding hydrogens is 316 g/mol. The van der Waals surface area contributed by atoms with E-state index in [4.69, 9.17) is 4.42 Å². The molecule has 1 N–H and O–H groups in total. The third kappa shape index (κ3) is 4.43. The smallest absolute Gasteiger partial charge is 0.163 e. The van der Waals surface area contributed by atoms with Crippen molar-refractivity contribution in [2.75, 3.05) is 0 Å². The molecule has 4 heteroatoms. The highest BCUT2D eigenvalue weighted by molar-refractivity contribution is 6.04. The standard InChI is InChI=1S/C19H16O4.C2H6/c20-12-15-3-1-2-4-16(15)18(22)7-6-17(21)13-5-8-19-14(11-13)9-10-23-19;1-2/h1-5,8-11,20H,6-7,12H2;1-2H3. The van der Waals surface area contributed by atoms with E-state index in [0.717, 1.165) is 11.0 Å². The summed E-state index contributed by atoms with van der Waals surface area (Å²) in [7, 11) is 0. The number of fused-ring (bicyclic) bond motifs is 1. The van der Waals surface area contributed by atoms with Crippen LogP contribution in [0.3, 0.4) is 0 Å². The second-order valence-corrected chi connectivity index (χ2v) is 5.33. The minimum atomic E-state index is -0.187. The first-order chi connectivity index (χ1) is 12.2. The highest BCUT2D eigenvalue weighted by atomic mass is 16.3. The molecule has 0 saturated heterocycles. The SMILES string of the molecule is CC.O=C(CCC(=O)c1ccccc1CO)c1ccc2occc2c1. The summed E-state index contributed by atoms with van der Waals surface area (Å²) in [5.74, 6) is -0.213. The van der Waals surface area contributed by atoms with Crippen molar-refractivity contribution in [3.8, 4) is 0 Å². The molecule has 0 spiro atoms. The van der Waals surface area contributed by atoms with Crippen LogP contribution in [0.4, 0.5) is 0 Å². The normalized spacial score (nSPS) is 10.2. The van der Waals surface area contributed by atoms with Gasteiger partial charge in [0.15, 0.2) is 11.6 Å². The van der Waals surface area contributed by atoms with Gasteiger partial charge in [-0.05, 0) is 29.8 Å². The molecular formula is C21H22O4. The van der Waals surface area contributed by atoms with Crippen molar-refractivity contribution in [3.63, 3.8) is 0 Å². The summed E-state index contributed by atoms with van der Waals surface area (Å²) in [5, 5.41) is 10.1. The van der Waals surface area contributed by atoms with Crippen molar-refractivity contribution >= 4 is 22.5 Å². The Bertz CT molecular complexity index is 861. The van der Waals surface area contributed by atoms with E-state index in [0.29, 0.717) is 16.7 Å². The van der Waals surface area contributed by atoms with Crippen LogP contribution in [0, 0.1) is 0 Å². The Hall–Kier alpha value is -2.72. The minimum absolute atomic E-state index is 0.0806. The number of hydrogen-bond donors (Lipinski definition) is 1. The number of benzene rings is 2. The van der Waals surface area contributed by atoms with Gasteiger partial charge in [0.2, 0.25) is 0 Å². The topological polar surface area (TPSA) is 67.5 Å². The zero-order valence-corrected chi connectivity index (χ0v) is 14.5. The van der Waals surface area contributed by atoms with Gasteiger partial charge in [0.1, 0.15) is 5.58 Å². The van der Waals surface area contributed by atoms with Crippen molar-refractivity contribution in [3.05, 3.63) is 71.5 Å². The molecule has 3 aromatic rings. The second-order valence-electron chi connectivity index (χ2n) is 5.33. The third-order valence-corrected chi connectivity index (χ3v) is 3.84. The minimum Gasteiger partial charge on any atom is -0.464 e. The highest BCUT2D eigenvalue weighted by Gasteiger charge is 2.14. The van der Waals surface area contributed by atoms with E-state index < -0.39 is 0 Å². The molecule has 25 heavy (non-hydrogen) atoms. The van der Waals surface area contributed by atoms with Gasteiger partial charge < -0.3 is 9.52 Å². The number of furan rings is 1. The molecule has 3 rings (SSSR count). The Kier molecular flexibility index (Phi) is 6.66. The number of hydrogen-bond acceptors (Lipinski definition) is 4. The van der Waals surface area contributed by atoms with E-state index in [1.54, 1.807) is 54.8 Å². The third-order valence-electron chi connectivity index (χ3n) is 3.84. The molecule has 1 aromatic heterocycles. The molecule has 2 aromatic carbocycles. The van der Waals surface area contributed by atoms with E-state index in [9.17, 15) is 14.7 Å². The zero-order chi connectivity index (χ0) is 18.2. The fourth-order valence-electron chi connectivity index (χ4n) is 2.58. The summed E-state index contributed by atoms with van der Waals surface area (Å²) in [6, 6.07) is 13.9. The number of Topliss-reactive ketones (excluding diaryl/α,β-unsaturated/α-hetero) is 2. The van der Waals surface area contributed by atoms with Crippen molar-refractivity contribution in [1.29, 1.82) is 0 Å². The average molecular weight is 338 g/mol. The van der Waals surface area contributed by atoms with E-state index in [-0.39, 0.29) is 31.0 Å². The number of ketones is 2. The fourth-order valence-corrected chi connectivity index (χ4v) is 2.58. The molecule has 0 fully saturated rings. The van der Waals surface area contributed by atoms with E-state index in [1.165, 1.54) is 0 Å². The molecule has 130 valence electrons. The summed E-state index contributed by atoms with van der Waals surface area (Å²) in [6.07, 6.45) is 1.84. The molecule has 0 radical (unpaired) electrons. The number of aliphatic hydroxyl groups excluding tert-OH is 1. The quantitative estimate of drug-likeness (QED) is 0.656. The molecule has 0 atom stereocenters. The van der Waals surface area contributed by atoms with Gasteiger partial charge in [-0.3, -0.25) is 9.59 Å². The summed E-state index contributed by atoms with van der Waals surface area (Å²) in [4.78, 5) is 24.5. The summed E-state index contributed by atoms with van der Waals surface area (Å²) >= 11 is 0. The van der Waals surface area contributed by atoms with Gasteiger partial charge in [0.05, 0.1) is 12.9 Å². The fraction of sp³-hybridized carbons (Fsp3) is 0.238. The first-order valence-electron chi connectivity index (χ1n) is 8.41. The Morgan fingerprint density at radius 1 is 0.960 bits per heavy atom. The summed E-state index contributed by atoms with van der Waals surface area (Å²) in [5.41, 5.74) is 2.37. The van der Waals surface area contributed by atoms with Gasteiger partial charge in [-0.1, -0.05) is 38.1 Å². The maximum Gasteiger partial charge on any atom is 0.163 e. The van der Waals surface area contributed by atoms with Gasteiger partial charge in [-0.15, -0.1) is 0 Å². The Balaban J connectivity index is 0.00000109. The Morgan fingerprint density at radius 3 is 2.44 bits per heavy atom. The van der Waals surface area contributed by atoms with Gasteiger partial charge in [0.25, 0.3) is 0 Å². The van der Waals surface area contributed by atoms with Crippen LogP contribution in [0.5, 0.6) is 0 Å². The van der Waals surface area contributed by atoms with Gasteiger partial charge in [-0.2, -0.15) is 0 Å². The molecule has 0 bridgehead atoms. The van der Waals surface area contributed by atoms with E-state index in [2.05, 4.69) is 0 Å². The molecule has 0 aliphatic rings. The second kappa shape index (κ2) is 8.94. The van der Waals surface area contributed by atoms with Gasteiger partial charge in [0, 0.05) is 29.4 Å². The molecule has 1 heterocycles. The summed E-state index contributed by atoms with van der Waals surface area (Å²) in [6.45, 7) is 3.81. The number of rotatable bonds is 6. The van der Waals surface area contributed by atoms with Crippen LogP contribution >= 0.6 is 0 Å². The molecule has 0 amide bonds. The molecule has 0 saturated carbocycles. The number of carbonyl (C=O) groups excluding carboxylic acids is 2. The lowest BCUT2D eigenvalue weighted by Crippen LogP contribution is -2.07. The van der Waals surface area contributed by atoms with Crippen molar-refractivity contribution in [1.82, 2.24) is 0 Å². The predicted octanol–water partition coefficient (Wildman–Crippen LogP) is 4.80. The van der Waals surface area contributed by atoms with Crippen LogP contribution in [-0.4, -0.2) is 16.7 Å². The first kappa shape index (κ1) is 18.6. The van der Waals surface area contributed by atoms with Crippen LogP contribution < -0.4 is 0 Å². The maximum absolute atomic E-state index is 12.3. The van der Waals surface area contributed by atoms with E-state index >= 15 is 0 Å². The molecule has 0 unspecified atom stereocenters. The molecule has 4 nitrogen and oxygen atoms in total. The van der Waals surface area contributed by atoms with Crippen LogP contribution in [0.1, 0.15) is 53.0 Å². The van der Waals surface area contributed by atoms with Crippen LogP contribution in [0.15, 0.2) is 59.2 Å². The highest BCUT2D eigenvalue weighted by Crippen LogP contribution is 2.19. The van der Waals surface area contributed by atoms with Crippen molar-refractivity contribution in [2.45, 2.75) is 33.3 Å². The lowest BCUT2D eigenvalue weighted by molar-refractivity contribution is 0.0916. The zero-order valence-electron chi connectivity index (χ0n) is 14.5. The predicted molar refractivity (Wildman–Crippen MR) is 97.8 cm³/mol. The van der Waals surface area contributed by atoms with Crippen LogP contribution in [0.2, 0.25) is 0 Å². The van der Waals surface area contributed by atoms with E-state index in [1.807, 2.05) is 13.8 Å². The van der Waals surface area contributed by atoms with Crippen LogP contribution in [-0.2, 0) is 6.61 Å². The monoisotopic (exact) mass is 338 g/mol. The van der Waals surface area contributed by atoms with Gasteiger partial charge in [-0.25, -0.2) is 0 Å². The van der Waals surface area contributed by atoms with Crippen molar-refractivity contribution in [2.24, 2.45) is 0 Å². The van der Waals surface area contributed by atoms with Crippen molar-refractivity contribution < 1.29 is 19.1 Å². The van der Waals surface area contributed by atoms with Crippen LogP contribution in [0.25, 0.3) is 11.0 Å². The maximum atomic E-state index is 12.3.